The van der Waals surface area contributed by atoms with Crippen molar-refractivity contribution in [3.05, 3.63) is 24.2 Å². The minimum Gasteiger partial charge on any atom is -0.459 e. The molecular formula is C13H20N2O4S. The number of rotatable bonds is 5. The number of unbranched alkanes of at least 4 members (excludes halogenated alkanes) is 1. The quantitative estimate of drug-likeness (QED) is 0.818. The molecule has 1 amide bonds. The molecule has 0 N–H and O–H groups in total. The first-order chi connectivity index (χ1) is 9.54. The van der Waals surface area contributed by atoms with Crippen LogP contribution in [-0.4, -0.2) is 55.5 Å². The van der Waals surface area contributed by atoms with Crippen LogP contribution in [0.2, 0.25) is 0 Å². The van der Waals surface area contributed by atoms with Gasteiger partial charge in [0.05, 0.1) is 12.0 Å². The van der Waals surface area contributed by atoms with Crippen LogP contribution in [0.1, 0.15) is 30.3 Å². The highest BCUT2D eigenvalue weighted by Gasteiger charge is 2.29. The molecule has 1 fully saturated rings. The fourth-order valence-electron chi connectivity index (χ4n) is 2.18. The van der Waals surface area contributed by atoms with E-state index >= 15 is 0 Å². The Labute approximate surface area is 119 Å². The number of carbonyl (C=O) groups is 1. The van der Waals surface area contributed by atoms with Crippen molar-refractivity contribution in [1.82, 2.24) is 9.21 Å². The van der Waals surface area contributed by atoms with Crippen LogP contribution in [0.25, 0.3) is 0 Å². The molecule has 1 aliphatic rings. The van der Waals surface area contributed by atoms with Crippen molar-refractivity contribution in [2.75, 3.05) is 31.9 Å². The van der Waals surface area contributed by atoms with Crippen LogP contribution in [-0.2, 0) is 10.0 Å². The maximum Gasteiger partial charge on any atom is 0.289 e. The predicted octanol–water partition coefficient (Wildman–Crippen LogP) is 1.17. The molecule has 0 saturated carbocycles. The third kappa shape index (κ3) is 3.40. The summed E-state index contributed by atoms with van der Waals surface area (Å²) in [4.78, 5) is 13.7. The second-order valence-electron chi connectivity index (χ2n) is 4.84. The van der Waals surface area contributed by atoms with E-state index < -0.39 is 10.0 Å². The van der Waals surface area contributed by atoms with Crippen LogP contribution < -0.4 is 0 Å². The summed E-state index contributed by atoms with van der Waals surface area (Å²) in [5.74, 6) is 0.309. The Balaban J connectivity index is 1.91. The van der Waals surface area contributed by atoms with Gasteiger partial charge in [-0.05, 0) is 18.6 Å². The van der Waals surface area contributed by atoms with Gasteiger partial charge >= 0.3 is 0 Å². The maximum atomic E-state index is 12.1. The van der Waals surface area contributed by atoms with Crippen LogP contribution in [0.4, 0.5) is 0 Å². The first-order valence-electron chi connectivity index (χ1n) is 6.85. The minimum absolute atomic E-state index is 0.180. The highest BCUT2D eigenvalue weighted by atomic mass is 32.2. The molecule has 2 heterocycles. The third-order valence-electron chi connectivity index (χ3n) is 3.41. The highest BCUT2D eigenvalue weighted by molar-refractivity contribution is 7.89. The van der Waals surface area contributed by atoms with Crippen LogP contribution in [0.5, 0.6) is 0 Å². The van der Waals surface area contributed by atoms with Gasteiger partial charge < -0.3 is 9.32 Å². The molecule has 1 aliphatic heterocycles. The van der Waals surface area contributed by atoms with E-state index in [2.05, 4.69) is 0 Å². The van der Waals surface area contributed by atoms with E-state index in [1.807, 2.05) is 6.92 Å². The van der Waals surface area contributed by atoms with Crippen molar-refractivity contribution in [3.8, 4) is 0 Å². The van der Waals surface area contributed by atoms with E-state index in [0.717, 1.165) is 6.42 Å². The first-order valence-corrected chi connectivity index (χ1v) is 8.46. The fourth-order valence-corrected chi connectivity index (χ4v) is 3.81. The Bertz CT molecular complexity index is 531. The smallest absolute Gasteiger partial charge is 0.289 e. The predicted molar refractivity (Wildman–Crippen MR) is 74.9 cm³/mol. The van der Waals surface area contributed by atoms with E-state index in [9.17, 15) is 13.2 Å². The van der Waals surface area contributed by atoms with Crippen molar-refractivity contribution in [3.63, 3.8) is 0 Å². The summed E-state index contributed by atoms with van der Waals surface area (Å²) in [6, 6.07) is 3.28. The summed E-state index contributed by atoms with van der Waals surface area (Å²) in [6.45, 7) is 3.50. The summed E-state index contributed by atoms with van der Waals surface area (Å²) in [7, 11) is -3.18. The second-order valence-corrected chi connectivity index (χ2v) is 6.93. The molecule has 0 atom stereocenters. The summed E-state index contributed by atoms with van der Waals surface area (Å²) < 4.78 is 30.7. The fraction of sp³-hybridized carbons (Fsp3) is 0.615. The number of carbonyl (C=O) groups excluding carboxylic acids is 1. The molecule has 6 nitrogen and oxygen atoms in total. The van der Waals surface area contributed by atoms with Gasteiger partial charge in [-0.25, -0.2) is 8.42 Å². The van der Waals surface area contributed by atoms with Crippen LogP contribution in [0.15, 0.2) is 22.8 Å². The number of hydrogen-bond donors (Lipinski definition) is 0. The minimum atomic E-state index is -3.18. The lowest BCUT2D eigenvalue weighted by atomic mass is 10.3. The number of amides is 1. The van der Waals surface area contributed by atoms with Gasteiger partial charge in [-0.1, -0.05) is 13.3 Å². The van der Waals surface area contributed by atoms with Gasteiger partial charge in [0.25, 0.3) is 5.91 Å². The lowest BCUT2D eigenvalue weighted by Crippen LogP contribution is -2.51. The maximum absolute atomic E-state index is 12.1. The van der Waals surface area contributed by atoms with Gasteiger partial charge in [-0.2, -0.15) is 4.31 Å². The molecule has 0 unspecified atom stereocenters. The molecule has 0 radical (unpaired) electrons. The molecule has 1 saturated heterocycles. The Hall–Kier alpha value is -1.34. The molecule has 7 heteroatoms. The van der Waals surface area contributed by atoms with Gasteiger partial charge in [-0.3, -0.25) is 4.79 Å². The highest BCUT2D eigenvalue weighted by Crippen LogP contribution is 2.13. The lowest BCUT2D eigenvalue weighted by molar-refractivity contribution is 0.0666. The third-order valence-corrected chi connectivity index (χ3v) is 5.36. The molecule has 1 aromatic rings. The summed E-state index contributed by atoms with van der Waals surface area (Å²) in [6.07, 6.45) is 2.99. The van der Waals surface area contributed by atoms with Gasteiger partial charge in [0.15, 0.2) is 5.76 Å². The van der Waals surface area contributed by atoms with E-state index in [4.69, 9.17) is 4.42 Å². The number of piperazine rings is 1. The topological polar surface area (TPSA) is 70.8 Å². The Morgan fingerprint density at radius 3 is 2.55 bits per heavy atom. The van der Waals surface area contributed by atoms with Crippen molar-refractivity contribution >= 4 is 15.9 Å². The van der Waals surface area contributed by atoms with Crippen molar-refractivity contribution in [2.24, 2.45) is 0 Å². The number of nitrogens with zero attached hydrogens (tertiary/aromatic N) is 2. The molecule has 1 aromatic heterocycles. The van der Waals surface area contributed by atoms with Gasteiger partial charge in [0.2, 0.25) is 10.0 Å². The standard InChI is InChI=1S/C13H20N2O4S/c1-2-3-11-20(17,18)15-8-6-14(7-9-15)13(16)12-5-4-10-19-12/h4-5,10H,2-3,6-9,11H2,1H3. The zero-order valence-electron chi connectivity index (χ0n) is 11.6. The summed E-state index contributed by atoms with van der Waals surface area (Å²) in [5.41, 5.74) is 0. The second kappa shape index (κ2) is 6.41. The average molecular weight is 300 g/mol. The number of sulfonamides is 1. The molecule has 0 aromatic carbocycles. The Morgan fingerprint density at radius 2 is 2.00 bits per heavy atom. The zero-order valence-corrected chi connectivity index (χ0v) is 12.4. The summed E-state index contributed by atoms with van der Waals surface area (Å²) in [5, 5.41) is 0. The van der Waals surface area contributed by atoms with Gasteiger partial charge in [0, 0.05) is 26.2 Å². The SMILES string of the molecule is CCCCS(=O)(=O)N1CCN(C(=O)c2ccco2)CC1. The molecule has 20 heavy (non-hydrogen) atoms. The summed E-state index contributed by atoms with van der Waals surface area (Å²) >= 11 is 0. The Morgan fingerprint density at radius 1 is 1.30 bits per heavy atom. The van der Waals surface area contributed by atoms with Gasteiger partial charge in [-0.15, -0.1) is 0 Å². The lowest BCUT2D eigenvalue weighted by Gasteiger charge is -2.33. The number of furan rings is 1. The average Bonchev–Trinajstić information content (AvgIpc) is 2.99. The molecule has 2 rings (SSSR count). The molecule has 0 bridgehead atoms. The van der Waals surface area contributed by atoms with E-state index in [1.54, 1.807) is 17.0 Å². The normalized spacial score (nSPS) is 17.4. The van der Waals surface area contributed by atoms with Crippen molar-refractivity contribution < 1.29 is 17.6 Å². The van der Waals surface area contributed by atoms with E-state index in [-0.39, 0.29) is 11.7 Å². The zero-order chi connectivity index (χ0) is 14.6. The molecular weight excluding hydrogens is 280 g/mol. The van der Waals surface area contributed by atoms with Crippen LogP contribution >= 0.6 is 0 Å². The van der Waals surface area contributed by atoms with Crippen LogP contribution in [0.3, 0.4) is 0 Å². The molecule has 0 spiro atoms. The van der Waals surface area contributed by atoms with Crippen molar-refractivity contribution in [2.45, 2.75) is 19.8 Å². The van der Waals surface area contributed by atoms with Crippen molar-refractivity contribution in [1.29, 1.82) is 0 Å². The number of hydrogen-bond acceptors (Lipinski definition) is 4. The van der Waals surface area contributed by atoms with E-state index in [0.29, 0.717) is 38.4 Å². The molecule has 0 aliphatic carbocycles. The molecule has 112 valence electrons. The van der Waals surface area contributed by atoms with Gasteiger partial charge in [0.1, 0.15) is 0 Å². The van der Waals surface area contributed by atoms with E-state index in [1.165, 1.54) is 10.6 Å². The first kappa shape index (κ1) is 15.1. The van der Waals surface area contributed by atoms with Crippen LogP contribution in [0, 0.1) is 0 Å². The monoisotopic (exact) mass is 300 g/mol. The largest absolute Gasteiger partial charge is 0.459 e. The Kier molecular flexibility index (Phi) is 4.82.